The molecular weight excluding hydrogens is 843 g/mol. The Hall–Kier alpha value is -7.15. The van der Waals surface area contributed by atoms with E-state index in [1.54, 1.807) is 42.5 Å². The summed E-state index contributed by atoms with van der Waals surface area (Å²) < 4.78 is 12.4. The largest absolute Gasteiger partial charge is 0.508 e. The summed E-state index contributed by atoms with van der Waals surface area (Å²) in [5.74, 6) is -1.65. The maximum absolute atomic E-state index is 13.6. The van der Waals surface area contributed by atoms with Gasteiger partial charge in [0.2, 0.25) is 0 Å². The van der Waals surface area contributed by atoms with Gasteiger partial charge in [-0.05, 0) is 99.0 Å². The number of aromatic hydroxyl groups is 1. The summed E-state index contributed by atoms with van der Waals surface area (Å²) in [6, 6.07) is 25.0. The lowest BCUT2D eigenvalue weighted by atomic mass is 9.88. The van der Waals surface area contributed by atoms with Crippen molar-refractivity contribution in [2.45, 2.75) is 27.7 Å². The molecule has 0 atom stereocenters. The van der Waals surface area contributed by atoms with Crippen molar-refractivity contribution in [2.75, 3.05) is 31.5 Å². The SMILES string of the molecule is CCN=c1cc2oc3cc(NCC)c(C)cc3c(-c3c(Cl)cc(C(=O)NCCNC(=O)c4ccc(-c5c6ccc(=O)cc-6oc6cc(O)ccc56)cc4)c(Cl)c3C(=O)O)c-2cc1C. The second-order valence-corrected chi connectivity index (χ2v) is 15.7. The average molecular weight is 884 g/mol. The Labute approximate surface area is 370 Å². The normalized spacial score (nSPS) is 11.7. The number of hydrogen-bond acceptors (Lipinski definition) is 9. The van der Waals surface area contributed by atoms with Gasteiger partial charge in [0.05, 0.1) is 26.5 Å². The van der Waals surface area contributed by atoms with Crippen LogP contribution in [0.25, 0.3) is 66.8 Å². The van der Waals surface area contributed by atoms with Gasteiger partial charge in [-0.2, -0.15) is 0 Å². The van der Waals surface area contributed by atoms with Gasteiger partial charge in [0.15, 0.2) is 5.43 Å². The number of aryl methyl sites for hydroxylation is 2. The quantitative estimate of drug-likeness (QED) is 0.0623. The molecule has 0 aromatic heterocycles. The molecular formula is C49H40Cl2N4O8. The number of halogens is 2. The summed E-state index contributed by atoms with van der Waals surface area (Å²) in [5, 5.41) is 31.3. The fourth-order valence-electron chi connectivity index (χ4n) is 7.92. The molecule has 2 heterocycles. The van der Waals surface area contributed by atoms with Crippen molar-refractivity contribution in [3.8, 4) is 50.7 Å². The van der Waals surface area contributed by atoms with Crippen LogP contribution in [0.3, 0.4) is 0 Å². The van der Waals surface area contributed by atoms with E-state index in [1.807, 2.05) is 52.0 Å². The van der Waals surface area contributed by atoms with Crippen LogP contribution in [0.4, 0.5) is 5.69 Å². The first-order valence-electron chi connectivity index (χ1n) is 20.2. The average Bonchev–Trinajstić information content (AvgIpc) is 3.25. The van der Waals surface area contributed by atoms with Crippen LogP contribution < -0.4 is 26.7 Å². The van der Waals surface area contributed by atoms with Crippen molar-refractivity contribution in [3.05, 3.63) is 144 Å². The number of fused-ring (bicyclic) bond motifs is 4. The summed E-state index contributed by atoms with van der Waals surface area (Å²) in [5.41, 5.74) is 6.47. The molecule has 0 fully saturated rings. The molecule has 0 unspecified atom stereocenters. The van der Waals surface area contributed by atoms with Gasteiger partial charge in [-0.3, -0.25) is 19.4 Å². The van der Waals surface area contributed by atoms with Crippen LogP contribution in [0.1, 0.15) is 56.0 Å². The number of nitrogens with zero attached hydrogens (tertiary/aromatic N) is 1. The van der Waals surface area contributed by atoms with Crippen LogP contribution in [0.5, 0.6) is 5.75 Å². The van der Waals surface area contributed by atoms with Gasteiger partial charge in [0.25, 0.3) is 11.8 Å². The Morgan fingerprint density at radius 1 is 0.714 bits per heavy atom. The first-order chi connectivity index (χ1) is 30.3. The van der Waals surface area contributed by atoms with Crippen LogP contribution in [0.2, 0.25) is 10.0 Å². The van der Waals surface area contributed by atoms with E-state index < -0.39 is 17.8 Å². The number of carbonyl (C=O) groups is 3. The van der Waals surface area contributed by atoms with Crippen LogP contribution in [-0.4, -0.2) is 54.2 Å². The summed E-state index contributed by atoms with van der Waals surface area (Å²) in [4.78, 5) is 56.7. The molecule has 0 saturated heterocycles. The smallest absolute Gasteiger partial charge is 0.337 e. The van der Waals surface area contributed by atoms with E-state index in [4.69, 9.17) is 32.0 Å². The molecule has 12 nitrogen and oxygen atoms in total. The molecule has 5 N–H and O–H groups in total. The van der Waals surface area contributed by atoms with Gasteiger partial charge in [-0.15, -0.1) is 0 Å². The second-order valence-electron chi connectivity index (χ2n) is 15.0. The molecule has 2 aliphatic carbocycles. The highest BCUT2D eigenvalue weighted by Crippen LogP contribution is 2.48. The molecule has 4 aromatic rings. The highest BCUT2D eigenvalue weighted by Gasteiger charge is 2.30. The lowest BCUT2D eigenvalue weighted by Gasteiger charge is -2.21. The number of anilines is 1. The lowest BCUT2D eigenvalue weighted by molar-refractivity contribution is 0.0697. The Morgan fingerprint density at radius 3 is 2.11 bits per heavy atom. The third kappa shape index (κ3) is 8.06. The predicted molar refractivity (Wildman–Crippen MR) is 246 cm³/mol. The highest BCUT2D eigenvalue weighted by molar-refractivity contribution is 6.41. The minimum Gasteiger partial charge on any atom is -0.508 e. The zero-order valence-electron chi connectivity index (χ0n) is 34.5. The fourth-order valence-corrected chi connectivity index (χ4v) is 8.54. The number of carbonyl (C=O) groups excluding carboxylic acids is 2. The first kappa shape index (κ1) is 42.5. The van der Waals surface area contributed by atoms with Gasteiger partial charge < -0.3 is 35.0 Å². The second kappa shape index (κ2) is 17.3. The monoisotopic (exact) mass is 882 g/mol. The Morgan fingerprint density at radius 2 is 1.41 bits per heavy atom. The predicted octanol–water partition coefficient (Wildman–Crippen LogP) is 9.92. The number of hydrogen-bond donors (Lipinski definition) is 5. The molecule has 0 radical (unpaired) electrons. The number of rotatable bonds is 11. The van der Waals surface area contributed by atoms with Crippen LogP contribution in [0, 0.1) is 13.8 Å². The summed E-state index contributed by atoms with van der Waals surface area (Å²) in [6.07, 6.45) is 0. The first-order valence-corrected chi connectivity index (χ1v) is 20.9. The van der Waals surface area contributed by atoms with Crippen LogP contribution in [-0.2, 0) is 0 Å². The van der Waals surface area contributed by atoms with Crippen molar-refractivity contribution in [3.63, 3.8) is 0 Å². The number of carboxylic acids is 1. The minimum absolute atomic E-state index is 0.0117. The molecule has 0 bridgehead atoms. The minimum atomic E-state index is -1.39. The molecule has 0 spiro atoms. The van der Waals surface area contributed by atoms with Crippen molar-refractivity contribution in [1.82, 2.24) is 10.6 Å². The van der Waals surface area contributed by atoms with Gasteiger partial charge in [0, 0.05) is 100 Å². The van der Waals surface area contributed by atoms with Gasteiger partial charge >= 0.3 is 5.97 Å². The third-order valence-corrected chi connectivity index (χ3v) is 11.5. The van der Waals surface area contributed by atoms with E-state index in [2.05, 4.69) is 20.9 Å². The summed E-state index contributed by atoms with van der Waals surface area (Å²) in [7, 11) is 0. The number of nitrogens with one attached hydrogen (secondary N) is 3. The van der Waals surface area contributed by atoms with Gasteiger partial charge in [0.1, 0.15) is 28.4 Å². The molecule has 2 amide bonds. The number of phenols is 1. The Kier molecular flexibility index (Phi) is 11.7. The molecule has 14 heteroatoms. The zero-order chi connectivity index (χ0) is 44.7. The lowest BCUT2D eigenvalue weighted by Crippen LogP contribution is -2.35. The van der Waals surface area contributed by atoms with Crippen molar-refractivity contribution < 1.29 is 33.4 Å². The van der Waals surface area contributed by atoms with Crippen molar-refractivity contribution in [1.29, 1.82) is 0 Å². The Bertz CT molecular complexity index is 3230. The van der Waals surface area contributed by atoms with Gasteiger partial charge in [-0.25, -0.2) is 4.79 Å². The van der Waals surface area contributed by atoms with Crippen molar-refractivity contribution in [2.24, 2.45) is 4.99 Å². The van der Waals surface area contributed by atoms with Crippen molar-refractivity contribution >= 4 is 68.6 Å². The van der Waals surface area contributed by atoms with E-state index in [0.717, 1.165) is 33.3 Å². The number of amides is 2. The zero-order valence-corrected chi connectivity index (χ0v) is 36.0. The Balaban J connectivity index is 1.05. The van der Waals surface area contributed by atoms with Gasteiger partial charge in [-0.1, -0.05) is 35.3 Å². The summed E-state index contributed by atoms with van der Waals surface area (Å²) in [6.45, 7) is 8.99. The van der Waals surface area contributed by atoms with E-state index in [1.165, 1.54) is 24.3 Å². The standard InChI is InChI=1S/C49H40Cl2N4O8/c1-5-52-36-22-40-32(17-24(36)3)43(33-18-25(4)37(53-6-2)23-41(33)63-40)44-35(50)21-34(46(51)45(44)49(60)61)48(59)55-16-15-54-47(58)27-9-7-26(8-10-27)42-30-13-11-28(56)19-38(30)62-39-20-29(57)12-14-31(39)42/h7-14,17-23,52,56H,5-6,15-16H2,1-4H3,(H,54,58)(H,55,59)(H,60,61). The number of aromatic carboxylic acids is 1. The number of benzene rings is 6. The highest BCUT2D eigenvalue weighted by atomic mass is 35.5. The number of carboxylic acid groups (broad SMARTS) is 1. The summed E-state index contributed by atoms with van der Waals surface area (Å²) >= 11 is 13.9. The topological polar surface area (TPSA) is 183 Å². The van der Waals surface area contributed by atoms with E-state index >= 15 is 0 Å². The maximum atomic E-state index is 13.6. The molecule has 8 rings (SSSR count). The number of phenolic OH excluding ortho intramolecular Hbond substituents is 1. The molecule has 318 valence electrons. The van der Waals surface area contributed by atoms with E-state index in [9.17, 15) is 29.4 Å². The van der Waals surface area contributed by atoms with E-state index in [0.29, 0.717) is 68.8 Å². The molecule has 4 aromatic carbocycles. The molecule has 63 heavy (non-hydrogen) atoms. The molecule has 2 aliphatic heterocycles. The third-order valence-electron chi connectivity index (χ3n) is 10.8. The van der Waals surface area contributed by atoms with Crippen LogP contribution in [0.15, 0.2) is 110 Å². The molecule has 4 aliphatic rings. The van der Waals surface area contributed by atoms with Crippen LogP contribution >= 0.6 is 23.2 Å². The molecule has 0 saturated carbocycles. The van der Waals surface area contributed by atoms with E-state index in [-0.39, 0.29) is 51.0 Å². The fraction of sp³-hybridized carbons (Fsp3) is 0.163. The maximum Gasteiger partial charge on any atom is 0.337 e.